The Bertz CT molecular complexity index is 1100. The first-order chi connectivity index (χ1) is 14.1. The summed E-state index contributed by atoms with van der Waals surface area (Å²) in [5.74, 6) is -0.426. The maximum atomic E-state index is 12.5. The molecule has 0 amide bonds. The lowest BCUT2D eigenvalue weighted by atomic mass is 10.2. The van der Waals surface area contributed by atoms with Crippen molar-refractivity contribution in [3.8, 4) is 5.75 Å². The van der Waals surface area contributed by atoms with E-state index in [1.165, 1.54) is 10.8 Å². The monoisotopic (exact) mass is 409 g/mol. The minimum Gasteiger partial charge on any atom is -0.460 e. The van der Waals surface area contributed by atoms with Crippen molar-refractivity contribution in [2.45, 2.75) is 39.7 Å². The van der Waals surface area contributed by atoms with Crippen LogP contribution in [0.2, 0.25) is 0 Å². The fourth-order valence-corrected chi connectivity index (χ4v) is 2.74. The van der Waals surface area contributed by atoms with E-state index in [4.69, 9.17) is 14.9 Å². The molecule has 2 aromatic heterocycles. The predicted molar refractivity (Wildman–Crippen MR) is 111 cm³/mol. The molecular formula is C21H23N5O4. The molecule has 0 atom stereocenters. The van der Waals surface area contributed by atoms with Crippen molar-refractivity contribution in [3.63, 3.8) is 0 Å². The van der Waals surface area contributed by atoms with Crippen LogP contribution < -0.4 is 10.1 Å². The maximum absolute atomic E-state index is 12.5. The highest BCUT2D eigenvalue weighted by Crippen LogP contribution is 2.22. The fourth-order valence-electron chi connectivity index (χ4n) is 2.74. The van der Waals surface area contributed by atoms with Crippen LogP contribution in [-0.2, 0) is 16.0 Å². The number of anilines is 1. The molecule has 0 unspecified atom stereocenters. The summed E-state index contributed by atoms with van der Waals surface area (Å²) in [5.41, 5.74) is 1.34. The summed E-state index contributed by atoms with van der Waals surface area (Å²) in [6.07, 6.45) is 1.33. The second kappa shape index (κ2) is 8.32. The molecule has 0 aliphatic carbocycles. The number of hydrogen-bond donors (Lipinski definition) is 2. The van der Waals surface area contributed by atoms with Crippen LogP contribution >= 0.6 is 0 Å². The van der Waals surface area contributed by atoms with Crippen molar-refractivity contribution in [1.29, 1.82) is 5.41 Å². The van der Waals surface area contributed by atoms with Gasteiger partial charge in [0.25, 0.3) is 0 Å². The number of carbonyl (C=O) groups excluding carboxylic acids is 2. The van der Waals surface area contributed by atoms with E-state index in [-0.39, 0.29) is 12.2 Å². The van der Waals surface area contributed by atoms with E-state index in [2.05, 4.69) is 15.4 Å². The third kappa shape index (κ3) is 5.19. The van der Waals surface area contributed by atoms with Crippen molar-refractivity contribution in [2.24, 2.45) is 0 Å². The first-order valence-electron chi connectivity index (χ1n) is 9.30. The summed E-state index contributed by atoms with van der Waals surface area (Å²) in [5, 5.41) is 14.4. The van der Waals surface area contributed by atoms with E-state index in [1.54, 1.807) is 64.1 Å². The van der Waals surface area contributed by atoms with Crippen LogP contribution in [0.4, 0.5) is 5.69 Å². The lowest BCUT2D eigenvalue weighted by Gasteiger charge is -2.19. The number of hydrogen-bond acceptors (Lipinski definition) is 7. The molecule has 0 fully saturated rings. The number of ether oxygens (including phenoxy) is 2. The Morgan fingerprint density at radius 1 is 1.13 bits per heavy atom. The van der Waals surface area contributed by atoms with Gasteiger partial charge in [-0.2, -0.15) is 5.10 Å². The zero-order valence-electron chi connectivity index (χ0n) is 17.2. The van der Waals surface area contributed by atoms with Crippen LogP contribution in [0.5, 0.6) is 5.75 Å². The van der Waals surface area contributed by atoms with Gasteiger partial charge in [-0.25, -0.2) is 14.3 Å². The minimum absolute atomic E-state index is 0.00620. The number of carbonyl (C=O) groups is 2. The normalized spacial score (nSPS) is 11.2. The summed E-state index contributed by atoms with van der Waals surface area (Å²) in [7, 11) is 0. The number of nitrogens with zero attached hydrogens (tertiary/aromatic N) is 3. The lowest BCUT2D eigenvalue weighted by Crippen LogP contribution is -2.25. The van der Waals surface area contributed by atoms with Crippen molar-refractivity contribution in [3.05, 3.63) is 54.0 Å². The van der Waals surface area contributed by atoms with E-state index in [9.17, 15) is 9.59 Å². The molecule has 0 saturated carbocycles. The van der Waals surface area contributed by atoms with Crippen LogP contribution in [0.1, 0.15) is 43.7 Å². The van der Waals surface area contributed by atoms with Gasteiger partial charge in [-0.05, 0) is 64.1 Å². The molecule has 0 radical (unpaired) electrons. The van der Waals surface area contributed by atoms with Crippen LogP contribution in [0.3, 0.4) is 0 Å². The van der Waals surface area contributed by atoms with Crippen LogP contribution in [0.25, 0.3) is 5.65 Å². The molecule has 156 valence electrons. The molecule has 30 heavy (non-hydrogen) atoms. The average molecular weight is 409 g/mol. The standard InChI is InChI=1S/C21H23N5O4/c1-13(22)25-15-7-5-14(6-8-15)20(28)29-17-10-9-16(26-19(17)23-12-24-26)11-18(27)30-21(2,3)4/h5-10,12H,11H2,1-4H3,(H2,22,25). The van der Waals surface area contributed by atoms with Gasteiger partial charge in [-0.1, -0.05) is 0 Å². The topological polar surface area (TPSA) is 119 Å². The van der Waals surface area contributed by atoms with Gasteiger partial charge in [-0.3, -0.25) is 10.2 Å². The predicted octanol–water partition coefficient (Wildman–Crippen LogP) is 3.24. The van der Waals surface area contributed by atoms with E-state index < -0.39 is 17.5 Å². The van der Waals surface area contributed by atoms with Gasteiger partial charge in [0.15, 0.2) is 11.4 Å². The second-order valence-corrected chi connectivity index (χ2v) is 7.66. The highest BCUT2D eigenvalue weighted by atomic mass is 16.6. The molecular weight excluding hydrogens is 386 g/mol. The maximum Gasteiger partial charge on any atom is 0.343 e. The van der Waals surface area contributed by atoms with Crippen LogP contribution in [0, 0.1) is 5.41 Å². The first kappa shape index (κ1) is 21.0. The van der Waals surface area contributed by atoms with Crippen molar-refractivity contribution in [1.82, 2.24) is 14.6 Å². The third-order valence-electron chi connectivity index (χ3n) is 3.87. The molecule has 0 aliphatic heterocycles. The highest BCUT2D eigenvalue weighted by Gasteiger charge is 2.20. The zero-order valence-corrected chi connectivity index (χ0v) is 17.2. The number of benzene rings is 1. The Kier molecular flexibility index (Phi) is 5.81. The summed E-state index contributed by atoms with van der Waals surface area (Å²) in [6, 6.07) is 9.80. The van der Waals surface area contributed by atoms with Crippen molar-refractivity contribution < 1.29 is 19.1 Å². The number of rotatable bonds is 5. The molecule has 0 saturated heterocycles. The largest absolute Gasteiger partial charge is 0.460 e. The number of fused-ring (bicyclic) bond motifs is 1. The van der Waals surface area contributed by atoms with E-state index in [0.717, 1.165) is 0 Å². The van der Waals surface area contributed by atoms with Gasteiger partial charge in [0.2, 0.25) is 0 Å². The smallest absolute Gasteiger partial charge is 0.343 e. The van der Waals surface area contributed by atoms with Gasteiger partial charge in [0.05, 0.1) is 23.5 Å². The molecule has 2 heterocycles. The quantitative estimate of drug-likeness (QED) is 0.377. The molecule has 3 aromatic rings. The molecule has 3 rings (SSSR count). The van der Waals surface area contributed by atoms with Gasteiger partial charge < -0.3 is 14.8 Å². The van der Waals surface area contributed by atoms with Gasteiger partial charge >= 0.3 is 11.9 Å². The third-order valence-corrected chi connectivity index (χ3v) is 3.87. The van der Waals surface area contributed by atoms with Gasteiger partial charge in [-0.15, -0.1) is 0 Å². The Morgan fingerprint density at radius 3 is 2.47 bits per heavy atom. The zero-order chi connectivity index (χ0) is 21.9. The Labute approximate surface area is 173 Å². The van der Waals surface area contributed by atoms with E-state index in [0.29, 0.717) is 28.4 Å². The molecule has 1 aromatic carbocycles. The summed E-state index contributed by atoms with van der Waals surface area (Å²) in [4.78, 5) is 28.8. The lowest BCUT2D eigenvalue weighted by molar-refractivity contribution is -0.154. The Morgan fingerprint density at radius 2 is 1.83 bits per heavy atom. The van der Waals surface area contributed by atoms with Crippen LogP contribution in [0.15, 0.2) is 42.7 Å². The summed E-state index contributed by atoms with van der Waals surface area (Å²) >= 11 is 0. The number of pyridine rings is 1. The van der Waals surface area contributed by atoms with E-state index in [1.807, 2.05) is 0 Å². The minimum atomic E-state index is -0.587. The number of nitrogens with one attached hydrogen (secondary N) is 2. The van der Waals surface area contributed by atoms with Crippen molar-refractivity contribution >= 4 is 29.1 Å². The molecule has 0 spiro atoms. The summed E-state index contributed by atoms with van der Waals surface area (Å²) < 4.78 is 12.3. The van der Waals surface area contributed by atoms with Gasteiger partial charge in [0.1, 0.15) is 11.9 Å². The summed E-state index contributed by atoms with van der Waals surface area (Å²) in [6.45, 7) is 7.02. The fraction of sp³-hybridized carbons (Fsp3) is 0.286. The Hall–Kier alpha value is -3.75. The van der Waals surface area contributed by atoms with Crippen LogP contribution in [-0.4, -0.2) is 38.0 Å². The Balaban J connectivity index is 1.77. The first-order valence-corrected chi connectivity index (χ1v) is 9.30. The van der Waals surface area contributed by atoms with E-state index >= 15 is 0 Å². The molecule has 9 heteroatoms. The molecule has 9 nitrogen and oxygen atoms in total. The molecule has 0 aliphatic rings. The second-order valence-electron chi connectivity index (χ2n) is 7.66. The SMILES string of the molecule is CC(=N)Nc1ccc(C(=O)Oc2ccc(CC(=O)OC(C)(C)C)n3ncnc23)cc1. The average Bonchev–Trinajstić information content (AvgIpc) is 3.12. The van der Waals surface area contributed by atoms with Gasteiger partial charge in [0, 0.05) is 5.69 Å². The molecule has 2 N–H and O–H groups in total. The van der Waals surface area contributed by atoms with Crippen molar-refractivity contribution in [2.75, 3.05) is 5.32 Å². The number of aromatic nitrogens is 3. The molecule has 0 bridgehead atoms. The highest BCUT2D eigenvalue weighted by molar-refractivity contribution is 5.94. The number of esters is 2. The number of amidine groups is 1.